The van der Waals surface area contributed by atoms with Crippen LogP contribution < -0.4 is 0 Å². The summed E-state index contributed by atoms with van der Waals surface area (Å²) in [5.74, 6) is -0.794. The molecule has 0 radical (unpaired) electrons. The van der Waals surface area contributed by atoms with Crippen LogP contribution in [0.1, 0.15) is 36.8 Å². The van der Waals surface area contributed by atoms with Gasteiger partial charge < -0.3 is 9.30 Å². The minimum atomic E-state index is -0.566. The topological polar surface area (TPSA) is 48.3 Å². The van der Waals surface area contributed by atoms with Crippen LogP contribution in [0, 0.1) is 5.92 Å². The Balaban J connectivity index is 2.31. The Labute approximate surface area is 142 Å². The number of esters is 1. The number of hydrogen-bond acceptors (Lipinski definition) is 3. The highest BCUT2D eigenvalue weighted by Gasteiger charge is 2.23. The minimum Gasteiger partial charge on any atom is -0.462 e. The largest absolute Gasteiger partial charge is 0.462 e. The van der Waals surface area contributed by atoms with E-state index >= 15 is 0 Å². The number of aromatic nitrogens is 1. The predicted molar refractivity (Wildman–Crippen MR) is 93.9 cm³/mol. The Morgan fingerprint density at radius 1 is 1.12 bits per heavy atom. The van der Waals surface area contributed by atoms with Gasteiger partial charge in [0, 0.05) is 12.7 Å². The molecule has 24 heavy (non-hydrogen) atoms. The summed E-state index contributed by atoms with van der Waals surface area (Å²) in [6.07, 6.45) is 3.51. The van der Waals surface area contributed by atoms with E-state index in [1.54, 1.807) is 19.1 Å². The van der Waals surface area contributed by atoms with Crippen LogP contribution >= 0.6 is 0 Å². The van der Waals surface area contributed by atoms with E-state index in [9.17, 15) is 9.59 Å². The van der Waals surface area contributed by atoms with Crippen molar-refractivity contribution in [1.82, 2.24) is 4.57 Å². The number of ether oxygens (including phenoxy) is 1. The van der Waals surface area contributed by atoms with E-state index in [0.29, 0.717) is 12.2 Å². The SMILES string of the molecule is CCOC(=O)/C(=C\C(C)C)C(=O)c1cccn1Cc1ccccc1. The molecule has 4 heteroatoms. The van der Waals surface area contributed by atoms with Gasteiger partial charge in [0.15, 0.2) is 0 Å². The smallest absolute Gasteiger partial charge is 0.341 e. The maximum atomic E-state index is 12.9. The van der Waals surface area contributed by atoms with Crippen molar-refractivity contribution in [2.75, 3.05) is 6.61 Å². The molecule has 0 amide bonds. The normalized spacial score (nSPS) is 11.6. The second-order valence-electron chi connectivity index (χ2n) is 5.88. The number of rotatable bonds is 7. The van der Waals surface area contributed by atoms with Gasteiger partial charge in [-0.3, -0.25) is 4.79 Å². The van der Waals surface area contributed by atoms with Crippen LogP contribution in [-0.4, -0.2) is 22.9 Å². The molecule has 0 aliphatic rings. The van der Waals surface area contributed by atoms with Crippen molar-refractivity contribution in [1.29, 1.82) is 0 Å². The zero-order valence-corrected chi connectivity index (χ0v) is 14.4. The minimum absolute atomic E-state index is 0.0749. The van der Waals surface area contributed by atoms with Crippen LogP contribution in [0.2, 0.25) is 0 Å². The Bertz CT molecular complexity index is 726. The molecule has 4 nitrogen and oxygen atoms in total. The third kappa shape index (κ3) is 4.44. The lowest BCUT2D eigenvalue weighted by Gasteiger charge is -2.11. The second-order valence-corrected chi connectivity index (χ2v) is 5.88. The van der Waals surface area contributed by atoms with Gasteiger partial charge in [0.2, 0.25) is 5.78 Å². The molecule has 2 aromatic rings. The monoisotopic (exact) mass is 325 g/mol. The van der Waals surface area contributed by atoms with Gasteiger partial charge in [0.1, 0.15) is 5.57 Å². The zero-order valence-electron chi connectivity index (χ0n) is 14.4. The molecule has 0 atom stereocenters. The maximum Gasteiger partial charge on any atom is 0.341 e. The fraction of sp³-hybridized carbons (Fsp3) is 0.300. The van der Waals surface area contributed by atoms with Crippen molar-refractivity contribution >= 4 is 11.8 Å². The van der Waals surface area contributed by atoms with Crippen LogP contribution in [0.5, 0.6) is 0 Å². The van der Waals surface area contributed by atoms with Crippen LogP contribution in [-0.2, 0) is 16.1 Å². The van der Waals surface area contributed by atoms with Gasteiger partial charge in [-0.25, -0.2) is 4.79 Å². The summed E-state index contributed by atoms with van der Waals surface area (Å²) in [5.41, 5.74) is 1.67. The summed E-state index contributed by atoms with van der Waals surface area (Å²) < 4.78 is 6.90. The molecule has 1 aromatic carbocycles. The number of allylic oxidation sites excluding steroid dienone is 1. The van der Waals surface area contributed by atoms with E-state index in [2.05, 4.69) is 0 Å². The Kier molecular flexibility index (Phi) is 6.13. The summed E-state index contributed by atoms with van der Waals surface area (Å²) in [6, 6.07) is 13.4. The third-order valence-electron chi connectivity index (χ3n) is 3.50. The number of nitrogens with zero attached hydrogens (tertiary/aromatic N) is 1. The van der Waals surface area contributed by atoms with Crippen LogP contribution in [0.3, 0.4) is 0 Å². The van der Waals surface area contributed by atoms with Gasteiger partial charge >= 0.3 is 5.97 Å². The molecule has 0 saturated heterocycles. The van der Waals surface area contributed by atoms with Gasteiger partial charge in [-0.05, 0) is 30.5 Å². The first kappa shape index (κ1) is 17.7. The average Bonchev–Trinajstić information content (AvgIpc) is 3.01. The van der Waals surface area contributed by atoms with Crippen LogP contribution in [0.25, 0.3) is 0 Å². The van der Waals surface area contributed by atoms with Crippen molar-refractivity contribution in [2.45, 2.75) is 27.3 Å². The van der Waals surface area contributed by atoms with Gasteiger partial charge in [-0.15, -0.1) is 0 Å². The molecular formula is C20H23NO3. The van der Waals surface area contributed by atoms with Crippen molar-refractivity contribution in [3.05, 3.63) is 71.6 Å². The quantitative estimate of drug-likeness (QED) is 0.255. The van der Waals surface area contributed by atoms with Crippen molar-refractivity contribution in [2.24, 2.45) is 5.92 Å². The fourth-order valence-electron chi connectivity index (χ4n) is 2.45. The maximum absolute atomic E-state index is 12.9. The van der Waals surface area contributed by atoms with E-state index < -0.39 is 5.97 Å². The average molecular weight is 325 g/mol. The highest BCUT2D eigenvalue weighted by atomic mass is 16.5. The number of carbonyl (C=O) groups is 2. The number of carbonyl (C=O) groups excluding carboxylic acids is 2. The molecule has 0 spiro atoms. The molecule has 126 valence electrons. The Morgan fingerprint density at radius 3 is 2.46 bits per heavy atom. The van der Waals surface area contributed by atoms with Gasteiger partial charge in [0.05, 0.1) is 12.3 Å². The summed E-state index contributed by atoms with van der Waals surface area (Å²) in [7, 11) is 0. The summed E-state index contributed by atoms with van der Waals surface area (Å²) in [6.45, 7) is 6.40. The molecule has 0 N–H and O–H groups in total. The van der Waals surface area contributed by atoms with E-state index in [-0.39, 0.29) is 23.9 Å². The van der Waals surface area contributed by atoms with E-state index in [1.807, 2.05) is 61.0 Å². The lowest BCUT2D eigenvalue weighted by atomic mass is 10.0. The molecule has 0 saturated carbocycles. The molecule has 0 bridgehead atoms. The first-order chi connectivity index (χ1) is 11.5. The molecule has 0 unspecified atom stereocenters. The van der Waals surface area contributed by atoms with Crippen LogP contribution in [0.15, 0.2) is 60.3 Å². The summed E-state index contributed by atoms with van der Waals surface area (Å²) in [5, 5.41) is 0. The van der Waals surface area contributed by atoms with Gasteiger partial charge in [-0.2, -0.15) is 0 Å². The molecule has 0 aliphatic carbocycles. The predicted octanol–water partition coefficient (Wildman–Crippen LogP) is 3.86. The summed E-state index contributed by atoms with van der Waals surface area (Å²) >= 11 is 0. The number of ketones is 1. The third-order valence-corrected chi connectivity index (χ3v) is 3.50. The van der Waals surface area contributed by atoms with E-state index in [0.717, 1.165) is 5.56 Å². The van der Waals surface area contributed by atoms with E-state index in [4.69, 9.17) is 4.74 Å². The van der Waals surface area contributed by atoms with Crippen LogP contribution in [0.4, 0.5) is 0 Å². The molecule has 0 fully saturated rings. The lowest BCUT2D eigenvalue weighted by molar-refractivity contribution is -0.138. The zero-order chi connectivity index (χ0) is 17.5. The molecular weight excluding hydrogens is 302 g/mol. The first-order valence-corrected chi connectivity index (χ1v) is 8.15. The Hall–Kier alpha value is -2.62. The van der Waals surface area contributed by atoms with Crippen molar-refractivity contribution < 1.29 is 14.3 Å². The Morgan fingerprint density at radius 2 is 1.83 bits per heavy atom. The molecule has 1 aromatic heterocycles. The van der Waals surface area contributed by atoms with Gasteiger partial charge in [-0.1, -0.05) is 50.3 Å². The van der Waals surface area contributed by atoms with Gasteiger partial charge in [0.25, 0.3) is 0 Å². The number of hydrogen-bond donors (Lipinski definition) is 0. The lowest BCUT2D eigenvalue weighted by Crippen LogP contribution is -2.20. The fourth-order valence-corrected chi connectivity index (χ4v) is 2.45. The molecule has 0 aliphatic heterocycles. The summed E-state index contributed by atoms with van der Waals surface area (Å²) in [4.78, 5) is 25.0. The highest BCUT2D eigenvalue weighted by molar-refractivity contribution is 6.23. The number of benzene rings is 1. The van der Waals surface area contributed by atoms with Crippen molar-refractivity contribution in [3.63, 3.8) is 0 Å². The number of Topliss-reactive ketones (excluding diaryl/α,β-unsaturated/α-hetero) is 1. The molecule has 1 heterocycles. The van der Waals surface area contributed by atoms with E-state index in [1.165, 1.54) is 0 Å². The molecule has 2 rings (SSSR count). The van der Waals surface area contributed by atoms with Crippen molar-refractivity contribution in [3.8, 4) is 0 Å². The highest BCUT2D eigenvalue weighted by Crippen LogP contribution is 2.15. The first-order valence-electron chi connectivity index (χ1n) is 8.15. The second kappa shape index (κ2) is 8.29. The standard InChI is InChI=1S/C20H23NO3/c1-4-24-20(23)17(13-15(2)3)19(22)18-11-8-12-21(18)14-16-9-6-5-7-10-16/h5-13,15H,4,14H2,1-3H3/b17-13-.